The van der Waals surface area contributed by atoms with Crippen molar-refractivity contribution in [2.75, 3.05) is 13.2 Å². The molecule has 0 aromatic heterocycles. The summed E-state index contributed by atoms with van der Waals surface area (Å²) in [6.07, 6.45) is -1.91. The van der Waals surface area contributed by atoms with Crippen LogP contribution in [0.4, 0.5) is 13.2 Å². The molecule has 6 heteroatoms. The van der Waals surface area contributed by atoms with Gasteiger partial charge in [0.25, 0.3) is 0 Å². The largest absolute Gasteiger partial charge is 0.416 e. The van der Waals surface area contributed by atoms with Gasteiger partial charge in [-0.25, -0.2) is 0 Å². The molecule has 1 amide bonds. The number of carbonyl (C=O) groups is 1. The van der Waals surface area contributed by atoms with Crippen molar-refractivity contribution in [1.29, 1.82) is 0 Å². The van der Waals surface area contributed by atoms with E-state index >= 15 is 0 Å². The molecule has 2 aliphatic rings. The number of halogens is 3. The molecule has 0 radical (unpaired) electrons. The number of hydrogen-bond donors (Lipinski definition) is 1. The van der Waals surface area contributed by atoms with E-state index in [9.17, 15) is 18.0 Å². The minimum atomic E-state index is -4.35. The van der Waals surface area contributed by atoms with Crippen LogP contribution in [0.15, 0.2) is 24.3 Å². The zero-order chi connectivity index (χ0) is 15.7. The van der Waals surface area contributed by atoms with Gasteiger partial charge in [0.15, 0.2) is 0 Å². The highest BCUT2D eigenvalue weighted by Crippen LogP contribution is 2.48. The second-order valence-electron chi connectivity index (χ2n) is 5.99. The summed E-state index contributed by atoms with van der Waals surface area (Å²) in [6.45, 7) is 1.25. The first-order valence-electron chi connectivity index (χ1n) is 7.50. The number of alkyl halides is 3. The summed E-state index contributed by atoms with van der Waals surface area (Å²) in [6, 6.07) is 5.31. The third-order valence-electron chi connectivity index (χ3n) is 4.28. The normalized spacial score (nSPS) is 28.2. The molecule has 3 rings (SSSR count). The molecule has 1 aromatic carbocycles. The lowest BCUT2D eigenvalue weighted by molar-refractivity contribution is -0.137. The maximum atomic E-state index is 12.7. The van der Waals surface area contributed by atoms with Crippen LogP contribution in [0.3, 0.4) is 0 Å². The molecular weight excluding hydrogens is 295 g/mol. The Morgan fingerprint density at radius 3 is 2.82 bits per heavy atom. The summed E-state index contributed by atoms with van der Waals surface area (Å²) in [5.41, 5.74) is -0.0633. The quantitative estimate of drug-likeness (QED) is 0.931. The van der Waals surface area contributed by atoms with Crippen LogP contribution in [-0.4, -0.2) is 25.2 Å². The number of benzene rings is 1. The lowest BCUT2D eigenvalue weighted by atomic mass is 10.0. The van der Waals surface area contributed by atoms with Crippen molar-refractivity contribution in [3.63, 3.8) is 0 Å². The highest BCUT2D eigenvalue weighted by atomic mass is 19.4. The average molecular weight is 313 g/mol. The van der Waals surface area contributed by atoms with Crippen molar-refractivity contribution < 1.29 is 22.7 Å². The first-order chi connectivity index (χ1) is 10.4. The van der Waals surface area contributed by atoms with Crippen LogP contribution in [0.25, 0.3) is 0 Å². The lowest BCUT2D eigenvalue weighted by Crippen LogP contribution is -2.41. The molecule has 1 heterocycles. The molecule has 3 nitrogen and oxygen atoms in total. The third-order valence-corrected chi connectivity index (χ3v) is 4.28. The maximum absolute atomic E-state index is 12.7. The Morgan fingerprint density at radius 1 is 1.32 bits per heavy atom. The summed E-state index contributed by atoms with van der Waals surface area (Å²) in [4.78, 5) is 12.2. The summed E-state index contributed by atoms with van der Waals surface area (Å²) in [5.74, 6) is -0.393. The van der Waals surface area contributed by atoms with Gasteiger partial charge in [0.1, 0.15) is 0 Å². The van der Waals surface area contributed by atoms with Gasteiger partial charge in [-0.2, -0.15) is 13.2 Å². The molecular formula is C16H18F3NO2. The van der Waals surface area contributed by atoms with Gasteiger partial charge < -0.3 is 10.1 Å². The molecule has 0 spiro atoms. The van der Waals surface area contributed by atoms with Crippen molar-refractivity contribution in [2.45, 2.75) is 37.4 Å². The van der Waals surface area contributed by atoms with Crippen molar-refractivity contribution >= 4 is 5.91 Å². The molecule has 1 aromatic rings. The molecule has 1 N–H and O–H groups in total. The highest BCUT2D eigenvalue weighted by molar-refractivity contribution is 5.83. The molecule has 1 saturated carbocycles. The number of hydrogen-bond acceptors (Lipinski definition) is 2. The molecule has 0 bridgehead atoms. The van der Waals surface area contributed by atoms with Gasteiger partial charge in [-0.05, 0) is 36.8 Å². The summed E-state index contributed by atoms with van der Waals surface area (Å²) in [7, 11) is 0. The van der Waals surface area contributed by atoms with Crippen LogP contribution in [0.1, 0.15) is 36.3 Å². The fourth-order valence-corrected chi connectivity index (χ4v) is 2.96. The van der Waals surface area contributed by atoms with Gasteiger partial charge in [0.2, 0.25) is 5.91 Å². The minimum absolute atomic E-state index is 0.0315. The number of ether oxygens (including phenoxy) is 1. The summed E-state index contributed by atoms with van der Waals surface area (Å²) < 4.78 is 43.5. The second kappa shape index (κ2) is 5.91. The van der Waals surface area contributed by atoms with E-state index in [-0.39, 0.29) is 23.8 Å². The zero-order valence-electron chi connectivity index (χ0n) is 12.0. The van der Waals surface area contributed by atoms with Gasteiger partial charge >= 0.3 is 6.18 Å². The Bertz CT molecular complexity index is 553. The van der Waals surface area contributed by atoms with Crippen LogP contribution >= 0.6 is 0 Å². The maximum Gasteiger partial charge on any atom is 0.416 e. The average Bonchev–Trinajstić information content (AvgIpc) is 3.28. The van der Waals surface area contributed by atoms with E-state index in [1.807, 2.05) is 0 Å². The van der Waals surface area contributed by atoms with Crippen LogP contribution in [0.5, 0.6) is 0 Å². The molecule has 1 saturated heterocycles. The van der Waals surface area contributed by atoms with Crippen LogP contribution in [0.2, 0.25) is 0 Å². The van der Waals surface area contributed by atoms with E-state index in [0.29, 0.717) is 18.6 Å². The molecule has 22 heavy (non-hydrogen) atoms. The number of carbonyl (C=O) groups excluding carboxylic acids is 1. The Morgan fingerprint density at radius 2 is 2.14 bits per heavy atom. The standard InChI is InChI=1S/C16H18F3NO2/c17-16(18,19)11-4-1-3-10(7-11)13-8-14(13)15(21)20-12-5-2-6-22-9-12/h1,3-4,7,12-14H,2,5-6,8-9H2,(H,20,21)/t12-,13+,14-/m1/s1. The Labute approximate surface area is 126 Å². The van der Waals surface area contributed by atoms with Crippen molar-refractivity contribution in [3.05, 3.63) is 35.4 Å². The lowest BCUT2D eigenvalue weighted by Gasteiger charge is -2.23. The Balaban J connectivity index is 1.60. The van der Waals surface area contributed by atoms with Gasteiger partial charge in [-0.15, -0.1) is 0 Å². The SMILES string of the molecule is O=C(N[C@@H]1CCCOC1)[C@@H]1C[C@H]1c1cccc(C(F)(F)F)c1. The topological polar surface area (TPSA) is 38.3 Å². The van der Waals surface area contributed by atoms with E-state index < -0.39 is 11.7 Å². The fraction of sp³-hybridized carbons (Fsp3) is 0.562. The van der Waals surface area contributed by atoms with Crippen molar-refractivity contribution in [1.82, 2.24) is 5.32 Å². The Kier molecular flexibility index (Phi) is 4.12. The monoisotopic (exact) mass is 313 g/mol. The third kappa shape index (κ3) is 3.43. The number of nitrogens with one attached hydrogen (secondary N) is 1. The van der Waals surface area contributed by atoms with E-state index in [2.05, 4.69) is 5.32 Å². The predicted molar refractivity (Wildman–Crippen MR) is 74.3 cm³/mol. The molecule has 2 fully saturated rings. The van der Waals surface area contributed by atoms with Crippen LogP contribution in [-0.2, 0) is 15.7 Å². The molecule has 120 valence electrons. The fourth-order valence-electron chi connectivity index (χ4n) is 2.96. The van der Waals surface area contributed by atoms with Crippen molar-refractivity contribution in [2.24, 2.45) is 5.92 Å². The summed E-state index contributed by atoms with van der Waals surface area (Å²) in [5, 5.41) is 2.94. The molecule has 0 unspecified atom stereocenters. The van der Waals surface area contributed by atoms with Gasteiger partial charge in [0.05, 0.1) is 18.2 Å². The molecule has 3 atom stereocenters. The van der Waals surface area contributed by atoms with Gasteiger partial charge in [-0.3, -0.25) is 4.79 Å². The molecule has 1 aliphatic heterocycles. The first kappa shape index (κ1) is 15.3. The molecule has 1 aliphatic carbocycles. The smallest absolute Gasteiger partial charge is 0.379 e. The number of rotatable bonds is 3. The zero-order valence-corrected chi connectivity index (χ0v) is 12.0. The predicted octanol–water partition coefficient (Wildman–Crippen LogP) is 3.10. The van der Waals surface area contributed by atoms with Gasteiger partial charge in [-0.1, -0.05) is 18.2 Å². The van der Waals surface area contributed by atoms with Gasteiger partial charge in [0, 0.05) is 12.5 Å². The van der Waals surface area contributed by atoms with Crippen molar-refractivity contribution in [3.8, 4) is 0 Å². The van der Waals surface area contributed by atoms with Crippen LogP contribution in [0, 0.1) is 5.92 Å². The Hall–Kier alpha value is -1.56. The first-order valence-corrected chi connectivity index (χ1v) is 7.50. The van der Waals surface area contributed by atoms with E-state index in [0.717, 1.165) is 31.6 Å². The van der Waals surface area contributed by atoms with E-state index in [1.165, 1.54) is 6.07 Å². The van der Waals surface area contributed by atoms with E-state index in [1.54, 1.807) is 6.07 Å². The number of amides is 1. The summed E-state index contributed by atoms with van der Waals surface area (Å²) >= 11 is 0. The van der Waals surface area contributed by atoms with Crippen LogP contribution < -0.4 is 5.32 Å². The second-order valence-corrected chi connectivity index (χ2v) is 5.99. The minimum Gasteiger partial charge on any atom is -0.379 e. The highest BCUT2D eigenvalue weighted by Gasteiger charge is 2.45. The van der Waals surface area contributed by atoms with E-state index in [4.69, 9.17) is 4.74 Å².